The highest BCUT2D eigenvalue weighted by atomic mass is 16.5. The fourth-order valence-electron chi connectivity index (χ4n) is 5.83. The van der Waals surface area contributed by atoms with Gasteiger partial charge in [-0.1, -0.05) is 24.3 Å². The number of likely N-dealkylation sites (tertiary alicyclic amines) is 1. The zero-order valence-electron chi connectivity index (χ0n) is 21.9. The van der Waals surface area contributed by atoms with Crippen LogP contribution in [0.4, 0.5) is 11.5 Å². The van der Waals surface area contributed by atoms with Gasteiger partial charge < -0.3 is 29.9 Å². The highest BCUT2D eigenvalue weighted by molar-refractivity contribution is 5.95. The van der Waals surface area contributed by atoms with Gasteiger partial charge in [-0.25, -0.2) is 0 Å². The first-order valence-electron chi connectivity index (χ1n) is 13.4. The average Bonchev–Trinajstić information content (AvgIpc) is 3.32. The SMILES string of the molecule is CC1=CN(c2nc(OC[C@@H]3CCCN3C)nc3c2CCN(c2cc(O)cc4ccccc24)C3)[C@@H](C)CN1. The van der Waals surface area contributed by atoms with E-state index >= 15 is 0 Å². The van der Waals surface area contributed by atoms with Gasteiger partial charge in [-0.3, -0.25) is 0 Å². The quantitative estimate of drug-likeness (QED) is 0.544. The number of likely N-dealkylation sites (N-methyl/N-ethyl adjacent to an activating group) is 1. The lowest BCUT2D eigenvalue weighted by Crippen LogP contribution is -2.43. The molecule has 37 heavy (non-hydrogen) atoms. The predicted molar refractivity (Wildman–Crippen MR) is 147 cm³/mol. The molecular formula is C29H36N6O2. The number of ether oxygens (including phenoxy) is 1. The van der Waals surface area contributed by atoms with Gasteiger partial charge in [0.1, 0.15) is 18.2 Å². The summed E-state index contributed by atoms with van der Waals surface area (Å²) >= 11 is 0. The number of fused-ring (bicyclic) bond motifs is 2. The van der Waals surface area contributed by atoms with E-state index in [4.69, 9.17) is 14.7 Å². The van der Waals surface area contributed by atoms with E-state index in [9.17, 15) is 5.11 Å². The van der Waals surface area contributed by atoms with E-state index in [-0.39, 0.29) is 11.8 Å². The van der Waals surface area contributed by atoms with Gasteiger partial charge in [-0.05, 0) is 58.2 Å². The Balaban J connectivity index is 1.37. The molecule has 0 radical (unpaired) electrons. The molecule has 1 fully saturated rings. The van der Waals surface area contributed by atoms with Gasteiger partial charge in [0.2, 0.25) is 0 Å². The fraction of sp³-hybridized carbons (Fsp3) is 0.448. The monoisotopic (exact) mass is 500 g/mol. The molecule has 8 heteroatoms. The first-order valence-corrected chi connectivity index (χ1v) is 13.4. The summed E-state index contributed by atoms with van der Waals surface area (Å²) in [5.74, 6) is 1.23. The Kier molecular flexibility index (Phi) is 6.28. The second kappa shape index (κ2) is 9.74. The Morgan fingerprint density at radius 1 is 1.16 bits per heavy atom. The number of phenols is 1. The molecule has 194 valence electrons. The van der Waals surface area contributed by atoms with Crippen LogP contribution < -0.4 is 19.9 Å². The summed E-state index contributed by atoms with van der Waals surface area (Å²) < 4.78 is 6.26. The summed E-state index contributed by atoms with van der Waals surface area (Å²) in [5, 5.41) is 16.1. The molecule has 3 aliphatic heterocycles. The van der Waals surface area contributed by atoms with Crippen LogP contribution in [0.1, 0.15) is 37.9 Å². The van der Waals surface area contributed by atoms with E-state index < -0.39 is 0 Å². The number of rotatable bonds is 5. The van der Waals surface area contributed by atoms with Crippen molar-refractivity contribution in [3.8, 4) is 11.8 Å². The predicted octanol–water partition coefficient (Wildman–Crippen LogP) is 4.03. The topological polar surface area (TPSA) is 77.0 Å². The van der Waals surface area contributed by atoms with Crippen molar-refractivity contribution in [3.63, 3.8) is 0 Å². The Hall–Kier alpha value is -3.52. The van der Waals surface area contributed by atoms with Gasteiger partial charge in [-0.2, -0.15) is 9.97 Å². The number of nitrogens with zero attached hydrogens (tertiary/aromatic N) is 5. The molecule has 0 aliphatic carbocycles. The van der Waals surface area contributed by atoms with Gasteiger partial charge in [-0.15, -0.1) is 0 Å². The van der Waals surface area contributed by atoms with Crippen LogP contribution in [-0.4, -0.2) is 65.3 Å². The normalized spacial score (nSPS) is 22.1. The minimum atomic E-state index is 0.268. The van der Waals surface area contributed by atoms with E-state index in [2.05, 4.69) is 53.2 Å². The summed E-state index contributed by atoms with van der Waals surface area (Å²) in [6.07, 6.45) is 5.32. The van der Waals surface area contributed by atoms with Crippen LogP contribution in [0.3, 0.4) is 0 Å². The molecule has 0 amide bonds. The molecule has 3 aliphatic rings. The smallest absolute Gasteiger partial charge is 0.318 e. The first kappa shape index (κ1) is 23.9. The Bertz CT molecular complexity index is 1340. The molecule has 3 aromatic rings. The number of nitrogens with one attached hydrogen (secondary N) is 1. The molecule has 0 saturated carbocycles. The Morgan fingerprint density at radius 3 is 2.86 bits per heavy atom. The van der Waals surface area contributed by atoms with Crippen LogP contribution in [0, 0.1) is 0 Å². The van der Waals surface area contributed by atoms with E-state index in [0.29, 0.717) is 25.2 Å². The maximum Gasteiger partial charge on any atom is 0.318 e. The Morgan fingerprint density at radius 2 is 2.03 bits per heavy atom. The summed E-state index contributed by atoms with van der Waals surface area (Å²) in [6.45, 7) is 8.35. The molecule has 8 nitrogen and oxygen atoms in total. The van der Waals surface area contributed by atoms with Crippen LogP contribution in [0.5, 0.6) is 11.8 Å². The van der Waals surface area contributed by atoms with Crippen molar-refractivity contribution in [2.24, 2.45) is 0 Å². The number of phenolic OH excluding ortho intramolecular Hbond substituents is 1. The largest absolute Gasteiger partial charge is 0.508 e. The zero-order chi connectivity index (χ0) is 25.5. The summed E-state index contributed by atoms with van der Waals surface area (Å²) in [5.41, 5.74) is 4.34. The van der Waals surface area contributed by atoms with Gasteiger partial charge in [0, 0.05) is 59.8 Å². The minimum Gasteiger partial charge on any atom is -0.508 e. The molecule has 4 heterocycles. The van der Waals surface area contributed by atoms with Crippen molar-refractivity contribution in [2.75, 3.05) is 43.1 Å². The van der Waals surface area contributed by atoms with E-state index in [0.717, 1.165) is 66.1 Å². The van der Waals surface area contributed by atoms with Crippen molar-refractivity contribution >= 4 is 22.3 Å². The lowest BCUT2D eigenvalue weighted by Gasteiger charge is -2.37. The van der Waals surface area contributed by atoms with Crippen LogP contribution in [0.2, 0.25) is 0 Å². The van der Waals surface area contributed by atoms with Crippen molar-refractivity contribution in [3.05, 3.63) is 59.6 Å². The highest BCUT2D eigenvalue weighted by Crippen LogP contribution is 2.37. The molecule has 6 rings (SSSR count). The molecule has 2 atom stereocenters. The highest BCUT2D eigenvalue weighted by Gasteiger charge is 2.30. The van der Waals surface area contributed by atoms with Gasteiger partial charge in [0.25, 0.3) is 0 Å². The van der Waals surface area contributed by atoms with Crippen molar-refractivity contribution in [1.82, 2.24) is 20.2 Å². The molecule has 1 aromatic heterocycles. The van der Waals surface area contributed by atoms with Gasteiger partial charge in [0.05, 0.1) is 12.2 Å². The molecule has 0 unspecified atom stereocenters. The molecule has 2 N–H and O–H groups in total. The maximum absolute atomic E-state index is 10.4. The summed E-state index contributed by atoms with van der Waals surface area (Å²) in [4.78, 5) is 16.9. The summed E-state index contributed by atoms with van der Waals surface area (Å²) in [6, 6.07) is 13.0. The lowest BCUT2D eigenvalue weighted by molar-refractivity contribution is 0.187. The van der Waals surface area contributed by atoms with Crippen LogP contribution in [0.25, 0.3) is 10.8 Å². The third-order valence-electron chi connectivity index (χ3n) is 7.99. The van der Waals surface area contributed by atoms with Crippen LogP contribution in [0.15, 0.2) is 48.3 Å². The van der Waals surface area contributed by atoms with Crippen molar-refractivity contribution in [2.45, 2.75) is 51.7 Å². The minimum absolute atomic E-state index is 0.268. The number of aromatic nitrogens is 2. The zero-order valence-corrected chi connectivity index (χ0v) is 21.9. The average molecular weight is 501 g/mol. The van der Waals surface area contributed by atoms with Crippen molar-refractivity contribution < 1.29 is 9.84 Å². The first-order chi connectivity index (χ1) is 18.0. The third-order valence-corrected chi connectivity index (χ3v) is 7.99. The van der Waals surface area contributed by atoms with E-state index in [1.54, 1.807) is 0 Å². The van der Waals surface area contributed by atoms with Crippen LogP contribution in [-0.2, 0) is 13.0 Å². The number of allylic oxidation sites excluding steroid dienone is 1. The number of aromatic hydroxyl groups is 1. The standard InChI is InChI=1S/C29H36N6O2/c1-19-16-35(20(2)15-30-19)28-25-10-12-34(27-14-23(36)13-21-7-4-5-9-24(21)27)17-26(25)31-29(32-28)37-18-22-8-6-11-33(22)3/h4-5,7,9,13-14,16,20,22,30,36H,6,8,10-12,15,17-18H2,1-3H3/t20-,22-/m0/s1. The van der Waals surface area contributed by atoms with E-state index in [1.165, 1.54) is 12.0 Å². The summed E-state index contributed by atoms with van der Waals surface area (Å²) in [7, 11) is 2.16. The van der Waals surface area contributed by atoms with Gasteiger partial charge >= 0.3 is 6.01 Å². The van der Waals surface area contributed by atoms with Gasteiger partial charge in [0.15, 0.2) is 0 Å². The molecule has 1 saturated heterocycles. The second-order valence-corrected chi connectivity index (χ2v) is 10.6. The molecule has 0 spiro atoms. The molecular weight excluding hydrogens is 464 g/mol. The maximum atomic E-state index is 10.4. The lowest BCUT2D eigenvalue weighted by atomic mass is 10.0. The number of hydrogen-bond donors (Lipinski definition) is 2. The molecule has 0 bridgehead atoms. The van der Waals surface area contributed by atoms with Crippen LogP contribution >= 0.6 is 0 Å². The van der Waals surface area contributed by atoms with E-state index in [1.807, 2.05) is 30.3 Å². The number of anilines is 2. The fourth-order valence-corrected chi connectivity index (χ4v) is 5.83. The Labute approximate surface area is 218 Å². The number of benzene rings is 2. The second-order valence-electron chi connectivity index (χ2n) is 10.6. The third kappa shape index (κ3) is 4.66. The molecule has 2 aromatic carbocycles. The van der Waals surface area contributed by atoms with Crippen molar-refractivity contribution in [1.29, 1.82) is 0 Å². The number of hydrogen-bond acceptors (Lipinski definition) is 8.